The molecule has 4 aromatic rings. The molecular weight excluding hydrogens is 694 g/mol. The number of phenolic OH excluding ortho intramolecular Hbond substituents is 1. The van der Waals surface area contributed by atoms with Crippen molar-refractivity contribution < 1.29 is 28.2 Å². The SMILES string of the molecule is C#Cc1c(F)ccc2cc(O)cc(-c3ncc4c(N5CC6CCC(C5)N6)nc(OCC56CCCN5C(CN(C)C(=O)CCC(=O)NC)CC6)nc4c3F)c12. The lowest BCUT2D eigenvalue weighted by atomic mass is 9.95. The van der Waals surface area contributed by atoms with Crippen LogP contribution in [0.2, 0.25) is 0 Å². The van der Waals surface area contributed by atoms with E-state index >= 15 is 4.39 Å². The fourth-order valence-electron chi connectivity index (χ4n) is 9.20. The molecule has 0 radical (unpaired) electrons. The van der Waals surface area contributed by atoms with E-state index in [1.54, 1.807) is 19.0 Å². The third-order valence-electron chi connectivity index (χ3n) is 11.9. The molecule has 0 saturated carbocycles. The second kappa shape index (κ2) is 14.3. The Bertz CT molecular complexity index is 2180. The molecule has 282 valence electrons. The number of anilines is 1. The van der Waals surface area contributed by atoms with E-state index in [0.717, 1.165) is 45.1 Å². The highest BCUT2D eigenvalue weighted by atomic mass is 19.1. The summed E-state index contributed by atoms with van der Waals surface area (Å²) in [5, 5.41) is 17.9. The maximum atomic E-state index is 17.0. The summed E-state index contributed by atoms with van der Waals surface area (Å²) in [5.74, 6) is 1.14. The van der Waals surface area contributed by atoms with Gasteiger partial charge >= 0.3 is 6.01 Å². The van der Waals surface area contributed by atoms with Crippen LogP contribution in [0.1, 0.15) is 56.9 Å². The number of nitrogens with one attached hydrogen (secondary N) is 2. The maximum absolute atomic E-state index is 17.0. The number of pyridine rings is 1. The maximum Gasteiger partial charge on any atom is 0.319 e. The molecule has 2 bridgehead atoms. The minimum atomic E-state index is -0.760. The summed E-state index contributed by atoms with van der Waals surface area (Å²) in [6.45, 7) is 3.07. The van der Waals surface area contributed by atoms with Gasteiger partial charge in [-0.2, -0.15) is 9.97 Å². The number of phenols is 1. The van der Waals surface area contributed by atoms with Crippen LogP contribution in [0, 0.1) is 24.0 Å². The van der Waals surface area contributed by atoms with E-state index in [4.69, 9.17) is 16.1 Å². The summed E-state index contributed by atoms with van der Waals surface area (Å²) in [4.78, 5) is 44.9. The first-order valence-electron chi connectivity index (χ1n) is 18.7. The second-order valence-electron chi connectivity index (χ2n) is 15.2. The minimum Gasteiger partial charge on any atom is -0.508 e. The van der Waals surface area contributed by atoms with Crippen molar-refractivity contribution in [2.45, 2.75) is 75.0 Å². The normalized spacial score (nSPS) is 23.5. The molecule has 4 aliphatic rings. The summed E-state index contributed by atoms with van der Waals surface area (Å²) in [7, 11) is 3.35. The third-order valence-corrected chi connectivity index (χ3v) is 11.9. The average molecular weight is 739 g/mol. The molecule has 4 aliphatic heterocycles. The first-order chi connectivity index (χ1) is 26.1. The van der Waals surface area contributed by atoms with Gasteiger partial charge in [-0.1, -0.05) is 12.0 Å². The number of benzene rings is 2. The summed E-state index contributed by atoms with van der Waals surface area (Å²) < 4.78 is 38.5. The second-order valence-corrected chi connectivity index (χ2v) is 15.2. The Morgan fingerprint density at radius 3 is 2.70 bits per heavy atom. The van der Waals surface area contributed by atoms with Gasteiger partial charge in [-0.15, -0.1) is 6.42 Å². The van der Waals surface area contributed by atoms with Crippen LogP contribution in [-0.4, -0.2) is 112 Å². The molecule has 0 aliphatic carbocycles. The molecule has 4 unspecified atom stereocenters. The number of likely N-dealkylation sites (N-methyl/N-ethyl adjacent to an activating group) is 1. The van der Waals surface area contributed by atoms with Gasteiger partial charge in [0.2, 0.25) is 11.8 Å². The average Bonchev–Trinajstić information content (AvgIpc) is 3.85. The Labute approximate surface area is 312 Å². The Morgan fingerprint density at radius 2 is 1.94 bits per heavy atom. The molecular formula is C40H44F2N8O4. The zero-order valence-electron chi connectivity index (χ0n) is 30.5. The Hall–Kier alpha value is -5.13. The van der Waals surface area contributed by atoms with Crippen molar-refractivity contribution >= 4 is 39.3 Å². The zero-order chi connectivity index (χ0) is 37.7. The molecule has 6 heterocycles. The summed E-state index contributed by atoms with van der Waals surface area (Å²) in [6.07, 6.45) is 13.3. The predicted octanol–water partition coefficient (Wildman–Crippen LogP) is 4.11. The van der Waals surface area contributed by atoms with Crippen LogP contribution in [-0.2, 0) is 9.59 Å². The molecule has 4 fully saturated rings. The van der Waals surface area contributed by atoms with Gasteiger partial charge in [0, 0.05) is 81.8 Å². The number of terminal acetylenes is 1. The number of amides is 2. The standard InChI is InChI=1S/C40H44F2N8O4/c1-4-28-31(41)9-6-23-16-27(51)17-29(34(23)28)36-35(42)37-30(18-44-36)38(49-19-24-7-8-25(20-49)45-24)47-39(46-37)54-22-40-13-5-15-50(40)26(12-14-40)21-48(3)33(53)11-10-32(52)43-2/h1,6,9,16-18,24-26,45,51H,5,7-8,10-15,19-22H2,2-3H3,(H,43,52). The van der Waals surface area contributed by atoms with Crippen molar-refractivity contribution in [2.24, 2.45) is 0 Å². The van der Waals surface area contributed by atoms with Crippen molar-refractivity contribution in [2.75, 3.05) is 51.8 Å². The molecule has 4 saturated heterocycles. The van der Waals surface area contributed by atoms with E-state index in [1.807, 2.05) is 0 Å². The number of carbonyl (C=O) groups excluding carboxylic acids is 2. The van der Waals surface area contributed by atoms with Crippen molar-refractivity contribution in [3.8, 4) is 35.4 Å². The Balaban J connectivity index is 1.13. The Morgan fingerprint density at radius 1 is 1.15 bits per heavy atom. The predicted molar refractivity (Wildman–Crippen MR) is 200 cm³/mol. The van der Waals surface area contributed by atoms with Gasteiger partial charge < -0.3 is 30.3 Å². The van der Waals surface area contributed by atoms with Crippen LogP contribution < -0.4 is 20.3 Å². The van der Waals surface area contributed by atoms with Crippen molar-refractivity contribution in [3.63, 3.8) is 0 Å². The number of aromatic nitrogens is 3. The topological polar surface area (TPSA) is 136 Å². The van der Waals surface area contributed by atoms with Crippen molar-refractivity contribution in [3.05, 3.63) is 47.7 Å². The Kier molecular flexibility index (Phi) is 9.48. The van der Waals surface area contributed by atoms with Crippen LogP contribution >= 0.6 is 0 Å². The van der Waals surface area contributed by atoms with Crippen LogP contribution in [0.3, 0.4) is 0 Å². The van der Waals surface area contributed by atoms with E-state index in [1.165, 1.54) is 30.5 Å². The number of piperazine rings is 1. The van der Waals surface area contributed by atoms with Gasteiger partial charge in [0.05, 0.1) is 16.5 Å². The van der Waals surface area contributed by atoms with E-state index in [0.29, 0.717) is 36.2 Å². The van der Waals surface area contributed by atoms with E-state index in [2.05, 4.69) is 36.3 Å². The number of hydrogen-bond acceptors (Lipinski definition) is 10. The van der Waals surface area contributed by atoms with Crippen LogP contribution in [0.4, 0.5) is 14.6 Å². The fourth-order valence-corrected chi connectivity index (χ4v) is 9.20. The molecule has 2 aromatic carbocycles. The highest BCUT2D eigenvalue weighted by molar-refractivity contribution is 6.03. The minimum absolute atomic E-state index is 0.00278. The van der Waals surface area contributed by atoms with Gasteiger partial charge in [-0.25, -0.2) is 8.78 Å². The van der Waals surface area contributed by atoms with Gasteiger partial charge in [-0.05, 0) is 68.7 Å². The lowest BCUT2D eigenvalue weighted by molar-refractivity contribution is -0.133. The van der Waals surface area contributed by atoms with Gasteiger partial charge in [-0.3, -0.25) is 19.5 Å². The van der Waals surface area contributed by atoms with E-state index in [-0.39, 0.29) is 94.4 Å². The molecule has 14 heteroatoms. The van der Waals surface area contributed by atoms with Crippen molar-refractivity contribution in [1.29, 1.82) is 0 Å². The third kappa shape index (κ3) is 6.43. The lowest BCUT2D eigenvalue weighted by Crippen LogP contribution is -2.51. The first-order valence-corrected chi connectivity index (χ1v) is 18.7. The van der Waals surface area contributed by atoms with Crippen LogP contribution in [0.25, 0.3) is 32.9 Å². The number of aromatic hydroxyl groups is 1. The van der Waals surface area contributed by atoms with Crippen LogP contribution in [0.5, 0.6) is 11.8 Å². The zero-order valence-corrected chi connectivity index (χ0v) is 30.5. The van der Waals surface area contributed by atoms with Gasteiger partial charge in [0.25, 0.3) is 0 Å². The summed E-state index contributed by atoms with van der Waals surface area (Å²) in [6, 6.07) is 6.23. The highest BCUT2D eigenvalue weighted by Gasteiger charge is 2.50. The van der Waals surface area contributed by atoms with Gasteiger partial charge in [0.1, 0.15) is 35.2 Å². The number of rotatable bonds is 10. The number of nitrogens with zero attached hydrogens (tertiary/aromatic N) is 6. The summed E-state index contributed by atoms with van der Waals surface area (Å²) in [5.41, 5.74) is -0.323. The number of hydrogen-bond donors (Lipinski definition) is 3. The van der Waals surface area contributed by atoms with Gasteiger partial charge in [0.15, 0.2) is 5.82 Å². The molecule has 4 atom stereocenters. The van der Waals surface area contributed by atoms with E-state index < -0.39 is 11.6 Å². The van der Waals surface area contributed by atoms with Crippen molar-refractivity contribution in [1.82, 2.24) is 35.4 Å². The lowest BCUT2D eigenvalue weighted by Gasteiger charge is -2.36. The summed E-state index contributed by atoms with van der Waals surface area (Å²) >= 11 is 0. The highest BCUT2D eigenvalue weighted by Crippen LogP contribution is 2.44. The number of fused-ring (bicyclic) bond motifs is 5. The monoisotopic (exact) mass is 738 g/mol. The molecule has 8 rings (SSSR count). The van der Waals surface area contributed by atoms with E-state index in [9.17, 15) is 19.1 Å². The molecule has 12 nitrogen and oxygen atoms in total. The quantitative estimate of drug-likeness (QED) is 0.204. The molecule has 2 aromatic heterocycles. The fraction of sp³-hybridized carbons (Fsp3) is 0.475. The number of halogens is 2. The molecule has 0 spiro atoms. The smallest absolute Gasteiger partial charge is 0.319 e. The first kappa shape index (κ1) is 35.9. The van der Waals surface area contributed by atoms with Crippen LogP contribution in [0.15, 0.2) is 30.5 Å². The largest absolute Gasteiger partial charge is 0.508 e. The number of carbonyl (C=O) groups is 2. The molecule has 54 heavy (non-hydrogen) atoms. The molecule has 3 N–H and O–H groups in total. The molecule has 2 amide bonds. The number of ether oxygens (including phenoxy) is 1.